The van der Waals surface area contributed by atoms with Gasteiger partial charge in [0, 0.05) is 56.3 Å². The number of rotatable bonds is 19. The molecule has 0 spiro atoms. The average Bonchev–Trinajstić information content (AvgIpc) is 3.36. The monoisotopic (exact) mass is 690 g/mol. The van der Waals surface area contributed by atoms with Gasteiger partial charge in [-0.25, -0.2) is 5.48 Å². The topological polar surface area (TPSA) is 194 Å². The Labute approximate surface area is 291 Å². The minimum Gasteiger partial charge on any atom is -0.384 e. The molecule has 1 unspecified atom stereocenters. The fraction of sp³-hybridized carbons (Fsp3) is 0.472. The minimum atomic E-state index is -1.00. The van der Waals surface area contributed by atoms with E-state index < -0.39 is 35.6 Å². The number of imide groups is 2. The van der Waals surface area contributed by atoms with Crippen LogP contribution >= 0.6 is 0 Å². The van der Waals surface area contributed by atoms with Crippen LogP contribution < -0.4 is 26.3 Å². The third-order valence-corrected chi connectivity index (χ3v) is 8.95. The molecule has 50 heavy (non-hydrogen) atoms. The van der Waals surface area contributed by atoms with Crippen molar-refractivity contribution in [3.8, 4) is 0 Å². The van der Waals surface area contributed by atoms with Gasteiger partial charge in [-0.05, 0) is 68.5 Å². The number of hydrogen-bond acceptors (Lipinski definition) is 9. The Kier molecular flexibility index (Phi) is 14.0. The molecule has 268 valence electrons. The van der Waals surface area contributed by atoms with Crippen LogP contribution in [-0.2, 0) is 24.0 Å². The van der Waals surface area contributed by atoms with Gasteiger partial charge in [-0.1, -0.05) is 38.2 Å². The SMILES string of the molecule is CN(C(=O)CCCCCCCNc1cccc2c1C(=O)N(C1CCC(=O)NC1=O)C2=O)c1ccc(NC(=O)CCCCCCC(=O)NO)cc1. The van der Waals surface area contributed by atoms with E-state index in [-0.39, 0.29) is 42.2 Å². The second kappa shape index (κ2) is 18.6. The Morgan fingerprint density at radius 3 is 2.14 bits per heavy atom. The van der Waals surface area contributed by atoms with E-state index in [1.54, 1.807) is 59.9 Å². The summed E-state index contributed by atoms with van der Waals surface area (Å²) in [6.07, 6.45) is 8.50. The number of nitrogens with one attached hydrogen (secondary N) is 4. The van der Waals surface area contributed by atoms with E-state index in [0.717, 1.165) is 55.5 Å². The molecule has 2 aromatic carbocycles. The Bertz CT molecular complexity index is 1580. The van der Waals surface area contributed by atoms with Crippen LogP contribution in [0.3, 0.4) is 0 Å². The van der Waals surface area contributed by atoms with Gasteiger partial charge in [0.05, 0.1) is 11.1 Å². The van der Waals surface area contributed by atoms with Crippen LogP contribution in [0.5, 0.6) is 0 Å². The number of benzene rings is 2. The lowest BCUT2D eigenvalue weighted by Gasteiger charge is -2.27. The smallest absolute Gasteiger partial charge is 0.264 e. The number of fused-ring (bicyclic) bond motifs is 1. The average molecular weight is 691 g/mol. The molecule has 0 bridgehead atoms. The molecule has 14 nitrogen and oxygen atoms in total. The molecular weight excluding hydrogens is 644 g/mol. The van der Waals surface area contributed by atoms with E-state index in [1.807, 2.05) is 0 Å². The maximum atomic E-state index is 13.2. The van der Waals surface area contributed by atoms with Gasteiger partial charge in [0.15, 0.2) is 0 Å². The quantitative estimate of drug-likeness (QED) is 0.0619. The first kappa shape index (κ1) is 37.7. The van der Waals surface area contributed by atoms with Gasteiger partial charge in [-0.2, -0.15) is 0 Å². The fourth-order valence-corrected chi connectivity index (χ4v) is 6.10. The molecule has 14 heteroatoms. The number of piperidine rings is 1. The first-order valence-corrected chi connectivity index (χ1v) is 17.3. The number of hydrogen-bond donors (Lipinski definition) is 5. The maximum absolute atomic E-state index is 13.2. The van der Waals surface area contributed by atoms with Crippen molar-refractivity contribution in [3.05, 3.63) is 53.6 Å². The molecule has 0 aromatic heterocycles. The lowest BCUT2D eigenvalue weighted by atomic mass is 10.0. The molecule has 1 atom stereocenters. The molecular formula is C36H46N6O8. The number of carbonyl (C=O) groups excluding carboxylic acids is 7. The van der Waals surface area contributed by atoms with Crippen LogP contribution in [-0.4, -0.2) is 71.1 Å². The minimum absolute atomic E-state index is 0.00317. The van der Waals surface area contributed by atoms with Crippen molar-refractivity contribution in [1.82, 2.24) is 15.7 Å². The molecule has 2 aliphatic heterocycles. The molecule has 2 aliphatic rings. The molecule has 7 amide bonds. The highest BCUT2D eigenvalue weighted by molar-refractivity contribution is 6.25. The molecule has 5 N–H and O–H groups in total. The van der Waals surface area contributed by atoms with Crippen LogP contribution in [0.2, 0.25) is 0 Å². The van der Waals surface area contributed by atoms with Crippen LogP contribution in [0.4, 0.5) is 17.1 Å². The van der Waals surface area contributed by atoms with E-state index in [1.165, 1.54) is 0 Å². The zero-order valence-corrected chi connectivity index (χ0v) is 28.4. The maximum Gasteiger partial charge on any atom is 0.264 e. The number of hydroxylamine groups is 1. The molecule has 0 saturated carbocycles. The normalized spacial score (nSPS) is 15.4. The summed E-state index contributed by atoms with van der Waals surface area (Å²) in [6.45, 7) is 0.585. The summed E-state index contributed by atoms with van der Waals surface area (Å²) in [5.41, 5.74) is 4.02. The van der Waals surface area contributed by atoms with Gasteiger partial charge in [0.1, 0.15) is 6.04 Å². The molecule has 4 rings (SSSR count). The first-order valence-electron chi connectivity index (χ1n) is 17.3. The zero-order chi connectivity index (χ0) is 36.0. The summed E-state index contributed by atoms with van der Waals surface area (Å²) >= 11 is 0. The highest BCUT2D eigenvalue weighted by atomic mass is 16.5. The lowest BCUT2D eigenvalue weighted by Crippen LogP contribution is -2.54. The van der Waals surface area contributed by atoms with Crippen molar-refractivity contribution >= 4 is 58.4 Å². The Hall–Kier alpha value is -5.11. The van der Waals surface area contributed by atoms with Crippen molar-refractivity contribution in [3.63, 3.8) is 0 Å². The molecule has 2 heterocycles. The molecule has 2 aromatic rings. The van der Waals surface area contributed by atoms with Gasteiger partial charge < -0.3 is 15.5 Å². The fourth-order valence-electron chi connectivity index (χ4n) is 6.10. The summed E-state index contributed by atoms with van der Waals surface area (Å²) in [7, 11) is 1.73. The van der Waals surface area contributed by atoms with Crippen LogP contribution in [0.15, 0.2) is 42.5 Å². The second-order valence-corrected chi connectivity index (χ2v) is 12.6. The van der Waals surface area contributed by atoms with Gasteiger partial charge in [0.2, 0.25) is 29.5 Å². The van der Waals surface area contributed by atoms with Crippen LogP contribution in [0.25, 0.3) is 0 Å². The molecule has 0 aliphatic carbocycles. The number of amides is 7. The van der Waals surface area contributed by atoms with Gasteiger partial charge in [-0.3, -0.25) is 49.0 Å². The number of unbranched alkanes of at least 4 members (excludes halogenated alkanes) is 7. The molecule has 1 saturated heterocycles. The van der Waals surface area contributed by atoms with Gasteiger partial charge in [0.25, 0.3) is 11.8 Å². The largest absolute Gasteiger partial charge is 0.384 e. The highest BCUT2D eigenvalue weighted by Gasteiger charge is 2.45. The van der Waals surface area contributed by atoms with Crippen molar-refractivity contribution in [1.29, 1.82) is 0 Å². The zero-order valence-electron chi connectivity index (χ0n) is 28.4. The number of anilines is 3. The Morgan fingerprint density at radius 2 is 1.46 bits per heavy atom. The van der Waals surface area contributed by atoms with Crippen molar-refractivity contribution in [2.45, 2.75) is 95.9 Å². The van der Waals surface area contributed by atoms with Crippen molar-refractivity contribution < 1.29 is 38.8 Å². The summed E-state index contributed by atoms with van der Waals surface area (Å²) in [6, 6.07) is 11.1. The summed E-state index contributed by atoms with van der Waals surface area (Å²) < 4.78 is 0. The van der Waals surface area contributed by atoms with E-state index in [0.29, 0.717) is 43.6 Å². The first-order chi connectivity index (χ1) is 24.1. The van der Waals surface area contributed by atoms with Crippen molar-refractivity contribution in [2.24, 2.45) is 0 Å². The lowest BCUT2D eigenvalue weighted by molar-refractivity contribution is -0.136. The molecule has 0 radical (unpaired) electrons. The predicted molar refractivity (Wildman–Crippen MR) is 185 cm³/mol. The predicted octanol–water partition coefficient (Wildman–Crippen LogP) is 4.29. The highest BCUT2D eigenvalue weighted by Crippen LogP contribution is 2.32. The number of nitrogens with zero attached hydrogens (tertiary/aromatic N) is 2. The third kappa shape index (κ3) is 10.2. The van der Waals surface area contributed by atoms with E-state index in [9.17, 15) is 33.6 Å². The molecule has 1 fully saturated rings. The van der Waals surface area contributed by atoms with E-state index in [4.69, 9.17) is 5.21 Å². The summed E-state index contributed by atoms with van der Waals surface area (Å²) in [4.78, 5) is 88.7. The third-order valence-electron chi connectivity index (χ3n) is 8.95. The van der Waals surface area contributed by atoms with Crippen LogP contribution in [0.1, 0.15) is 111 Å². The van der Waals surface area contributed by atoms with Gasteiger partial charge in [-0.15, -0.1) is 0 Å². The van der Waals surface area contributed by atoms with E-state index >= 15 is 0 Å². The van der Waals surface area contributed by atoms with Gasteiger partial charge >= 0.3 is 0 Å². The summed E-state index contributed by atoms with van der Waals surface area (Å²) in [5.74, 6) is -2.63. The van der Waals surface area contributed by atoms with Crippen molar-refractivity contribution in [2.75, 3.05) is 29.1 Å². The Morgan fingerprint density at radius 1 is 0.820 bits per heavy atom. The Balaban J connectivity index is 1.09. The van der Waals surface area contributed by atoms with Crippen LogP contribution in [0, 0.1) is 0 Å². The van der Waals surface area contributed by atoms with E-state index in [2.05, 4.69) is 16.0 Å². The second-order valence-electron chi connectivity index (χ2n) is 12.6. The summed E-state index contributed by atoms with van der Waals surface area (Å²) in [5, 5.41) is 16.8. The number of carbonyl (C=O) groups is 7. The standard InChI is InChI=1S/C36H46N6O8/c1-41(25-19-17-24(18-20-25)38-29(43)14-7-4-5-8-15-31(45)40-50)32(46)16-9-3-2-6-10-23-37-27-13-11-12-26-33(27)36(49)42(35(26)48)28-21-22-30(44)39-34(28)47/h11-13,17-20,28,37,50H,2-10,14-16,21-23H2,1H3,(H,38,43)(H,40,45)(H,39,44,47).